The molecule has 3 N–H and O–H groups in total. The van der Waals surface area contributed by atoms with Crippen molar-refractivity contribution in [2.75, 3.05) is 26.1 Å². The third kappa shape index (κ3) is 6.20. The Hall–Kier alpha value is -4.11. The van der Waals surface area contributed by atoms with Crippen LogP contribution in [0, 0.1) is 0 Å². The molecule has 1 aliphatic carbocycles. The minimum atomic E-state index is -0.279. The molecule has 3 aromatic rings. The highest BCUT2D eigenvalue weighted by Crippen LogP contribution is 2.29. The lowest BCUT2D eigenvalue weighted by molar-refractivity contribution is -0.118. The van der Waals surface area contributed by atoms with Gasteiger partial charge in [-0.15, -0.1) is 0 Å². The highest BCUT2D eigenvalue weighted by molar-refractivity contribution is 6.06. The van der Waals surface area contributed by atoms with Gasteiger partial charge < -0.3 is 30.0 Å². The maximum absolute atomic E-state index is 13.0. The van der Waals surface area contributed by atoms with Crippen molar-refractivity contribution in [3.05, 3.63) is 75.6 Å². The summed E-state index contributed by atoms with van der Waals surface area (Å²) >= 11 is 0. The number of amides is 2. The number of methoxy groups -OCH3 is 1. The molecule has 0 radical (unpaired) electrons. The Bertz CT molecular complexity index is 1510. The molecule has 9 heteroatoms. The van der Waals surface area contributed by atoms with E-state index in [2.05, 4.69) is 22.0 Å². The van der Waals surface area contributed by atoms with Crippen LogP contribution in [0.3, 0.4) is 0 Å². The van der Waals surface area contributed by atoms with Crippen LogP contribution < -0.4 is 31.0 Å². The smallest absolute Gasteiger partial charge is 0.262 e. The molecule has 0 saturated heterocycles. The number of rotatable bonds is 9. The number of nitrogens with one attached hydrogen (secondary N) is 3. The first kappa shape index (κ1) is 27.5. The maximum Gasteiger partial charge on any atom is 0.262 e. The van der Waals surface area contributed by atoms with Gasteiger partial charge in [-0.05, 0) is 68.4 Å². The van der Waals surface area contributed by atoms with Crippen LogP contribution in [0.25, 0.3) is 10.9 Å². The molecular weight excluding hydrogens is 508 g/mol. The van der Waals surface area contributed by atoms with E-state index >= 15 is 0 Å². The van der Waals surface area contributed by atoms with Gasteiger partial charge in [0.05, 0.1) is 23.9 Å². The Balaban J connectivity index is 1.17. The first-order chi connectivity index (χ1) is 19.4. The average molecular weight is 545 g/mol. The maximum atomic E-state index is 13.0. The topological polar surface area (TPSA) is 111 Å². The van der Waals surface area contributed by atoms with Crippen LogP contribution in [0.4, 0.5) is 5.69 Å². The second kappa shape index (κ2) is 12.4. The minimum Gasteiger partial charge on any atom is -0.497 e. The molecule has 1 unspecified atom stereocenters. The average Bonchev–Trinajstić information content (AvgIpc) is 3.21. The third-order valence-corrected chi connectivity index (χ3v) is 7.70. The van der Waals surface area contributed by atoms with Gasteiger partial charge in [0.15, 0.2) is 6.61 Å². The van der Waals surface area contributed by atoms with Crippen LogP contribution >= 0.6 is 0 Å². The van der Waals surface area contributed by atoms with Crippen molar-refractivity contribution in [2.24, 2.45) is 0 Å². The van der Waals surface area contributed by atoms with Gasteiger partial charge in [0.25, 0.3) is 17.4 Å². The van der Waals surface area contributed by atoms with Gasteiger partial charge in [0.1, 0.15) is 11.5 Å². The zero-order chi connectivity index (χ0) is 28.1. The summed E-state index contributed by atoms with van der Waals surface area (Å²) in [5.41, 5.74) is 4.16. The fraction of sp³-hybridized carbons (Fsp3) is 0.387. The Kier molecular flexibility index (Phi) is 8.50. The van der Waals surface area contributed by atoms with E-state index in [1.165, 1.54) is 11.6 Å². The summed E-state index contributed by atoms with van der Waals surface area (Å²) in [6, 6.07) is 13.2. The Morgan fingerprint density at radius 2 is 2.02 bits per heavy atom. The Morgan fingerprint density at radius 1 is 1.15 bits per heavy atom. The number of hydrogen-bond donors (Lipinski definition) is 3. The number of aryl methyl sites for hydroxylation is 1. The monoisotopic (exact) mass is 544 g/mol. The first-order valence-electron chi connectivity index (χ1n) is 13.9. The summed E-state index contributed by atoms with van der Waals surface area (Å²) in [5.74, 6) is 0.953. The normalized spacial score (nSPS) is 16.8. The highest BCUT2D eigenvalue weighted by atomic mass is 16.5. The minimum absolute atomic E-state index is 0.0635. The molecule has 0 fully saturated rings. The summed E-state index contributed by atoms with van der Waals surface area (Å²) in [7, 11) is 3.15. The van der Waals surface area contributed by atoms with Gasteiger partial charge in [0, 0.05) is 43.7 Å². The molecule has 1 aromatic heterocycles. The second-order valence-electron chi connectivity index (χ2n) is 10.3. The standard InChI is InChI=1S/C31H36N4O5/c1-32-31(38)25-17-30(37)35(27-16-23(39-2)11-12-24(25)27)14-4-6-20-5-3-7-22(10-8-20)33-18-21-9-13-28-26(15-21)34-29(36)19-40-28/h5,9,11-13,15-17,22,33H,3-4,6-8,10,14,18-19H2,1-2H3,(H,32,38)(H,34,36). The van der Waals surface area contributed by atoms with Crippen molar-refractivity contribution in [3.8, 4) is 11.5 Å². The summed E-state index contributed by atoms with van der Waals surface area (Å²) in [6.45, 7) is 1.36. The van der Waals surface area contributed by atoms with Crippen LogP contribution in [0.5, 0.6) is 11.5 Å². The molecule has 0 bridgehead atoms. The molecule has 1 aliphatic heterocycles. The lowest BCUT2D eigenvalue weighted by atomic mass is 10.0. The van der Waals surface area contributed by atoms with Crippen LogP contribution in [-0.4, -0.2) is 43.2 Å². The van der Waals surface area contributed by atoms with Gasteiger partial charge in [-0.3, -0.25) is 14.4 Å². The number of anilines is 1. The van der Waals surface area contributed by atoms with Crippen LogP contribution in [0.1, 0.15) is 54.4 Å². The van der Waals surface area contributed by atoms with Gasteiger partial charge >= 0.3 is 0 Å². The number of hydrogen-bond acceptors (Lipinski definition) is 6. The Labute approximate surface area is 233 Å². The van der Waals surface area contributed by atoms with Crippen molar-refractivity contribution in [3.63, 3.8) is 0 Å². The highest BCUT2D eigenvalue weighted by Gasteiger charge is 2.18. The van der Waals surface area contributed by atoms with Crippen molar-refractivity contribution in [1.29, 1.82) is 0 Å². The zero-order valence-electron chi connectivity index (χ0n) is 23.0. The summed E-state index contributed by atoms with van der Waals surface area (Å²) in [5, 5.41) is 9.91. The van der Waals surface area contributed by atoms with Crippen molar-refractivity contribution in [2.45, 2.75) is 57.7 Å². The third-order valence-electron chi connectivity index (χ3n) is 7.70. The first-order valence-corrected chi connectivity index (χ1v) is 13.9. The van der Waals surface area contributed by atoms with Gasteiger partial charge in [-0.1, -0.05) is 17.7 Å². The van der Waals surface area contributed by atoms with E-state index in [-0.39, 0.29) is 24.0 Å². The molecule has 0 saturated carbocycles. The van der Waals surface area contributed by atoms with E-state index in [1.54, 1.807) is 18.7 Å². The fourth-order valence-electron chi connectivity index (χ4n) is 5.53. The predicted molar refractivity (Wildman–Crippen MR) is 155 cm³/mol. The van der Waals surface area contributed by atoms with E-state index in [0.29, 0.717) is 35.2 Å². The van der Waals surface area contributed by atoms with Gasteiger partial charge in [-0.25, -0.2) is 0 Å². The van der Waals surface area contributed by atoms with E-state index < -0.39 is 0 Å². The molecule has 1 atom stereocenters. The quantitative estimate of drug-likeness (QED) is 0.349. The number of pyridine rings is 1. The van der Waals surface area contributed by atoms with Crippen LogP contribution in [-0.2, 0) is 17.9 Å². The number of fused-ring (bicyclic) bond motifs is 2. The number of carbonyl (C=O) groups excluding carboxylic acids is 2. The summed E-state index contributed by atoms with van der Waals surface area (Å²) in [4.78, 5) is 37.1. The second-order valence-corrected chi connectivity index (χ2v) is 10.3. The van der Waals surface area contributed by atoms with Crippen molar-refractivity contribution >= 4 is 28.4 Å². The fourth-order valence-corrected chi connectivity index (χ4v) is 5.53. The number of ether oxygens (including phenoxy) is 2. The van der Waals surface area contributed by atoms with Crippen LogP contribution in [0.2, 0.25) is 0 Å². The largest absolute Gasteiger partial charge is 0.497 e. The number of allylic oxidation sites excluding steroid dienone is 2. The van der Waals surface area contributed by atoms with Crippen LogP contribution in [0.15, 0.2) is 58.9 Å². The summed E-state index contributed by atoms with van der Waals surface area (Å²) < 4.78 is 12.6. The number of carbonyl (C=O) groups is 2. The molecule has 2 aromatic carbocycles. The molecule has 5 rings (SSSR count). The molecule has 40 heavy (non-hydrogen) atoms. The van der Waals surface area contributed by atoms with E-state index in [4.69, 9.17) is 9.47 Å². The van der Waals surface area contributed by atoms with E-state index in [9.17, 15) is 14.4 Å². The lowest BCUT2D eigenvalue weighted by Crippen LogP contribution is -2.28. The van der Waals surface area contributed by atoms with Gasteiger partial charge in [-0.2, -0.15) is 0 Å². The van der Waals surface area contributed by atoms with E-state index in [0.717, 1.165) is 61.7 Å². The predicted octanol–water partition coefficient (Wildman–Crippen LogP) is 4.14. The number of nitrogens with zero attached hydrogens (tertiary/aromatic N) is 1. The van der Waals surface area contributed by atoms with Crippen molar-refractivity contribution in [1.82, 2.24) is 15.2 Å². The Morgan fingerprint density at radius 3 is 2.85 bits per heavy atom. The molecular formula is C31H36N4O5. The molecule has 2 aliphatic rings. The SMILES string of the molecule is CNC(=O)c1cc(=O)n(CCCC2=CCCC(NCc3ccc4c(c3)NC(=O)CO4)CC2)c2cc(OC)ccc12. The molecule has 0 spiro atoms. The molecule has 210 valence electrons. The summed E-state index contributed by atoms with van der Waals surface area (Å²) in [6.07, 6.45) is 8.26. The lowest BCUT2D eigenvalue weighted by Gasteiger charge is -2.20. The van der Waals surface area contributed by atoms with Crippen molar-refractivity contribution < 1.29 is 19.1 Å². The number of benzene rings is 2. The molecule has 9 nitrogen and oxygen atoms in total. The molecule has 2 amide bonds. The number of aromatic nitrogens is 1. The van der Waals surface area contributed by atoms with Gasteiger partial charge in [0.2, 0.25) is 0 Å². The molecule has 2 heterocycles. The zero-order valence-corrected chi connectivity index (χ0v) is 23.0. The van der Waals surface area contributed by atoms with E-state index in [1.807, 2.05) is 36.4 Å².